The average molecular weight is 376 g/mol. The molecule has 0 heterocycles. The highest BCUT2D eigenvalue weighted by Gasteiger charge is 1.98. The van der Waals surface area contributed by atoms with Gasteiger partial charge in [0.25, 0.3) is 0 Å². The second kappa shape index (κ2) is 15.9. The number of carbonyl (C=O) groups excluding carboxylic acids is 2. The second-order valence-electron chi connectivity index (χ2n) is 2.84. The monoisotopic (exact) mass is 374 g/mol. The van der Waals surface area contributed by atoms with E-state index in [1.54, 1.807) is 6.92 Å². The summed E-state index contributed by atoms with van der Waals surface area (Å²) in [5.74, 6) is -0.235. The molecule has 0 N–H and O–H groups in total. The first-order valence-corrected chi connectivity index (χ1v) is 7.79. The van der Waals surface area contributed by atoms with Crippen LogP contribution in [0.25, 0.3) is 0 Å². The number of carbonyl (C=O) groups is 2. The Morgan fingerprint density at radius 2 is 1.35 bits per heavy atom. The SMILES string of the molecule is CCOC(=O)CCBr.CCOC(=O)CCCBr. The summed E-state index contributed by atoms with van der Waals surface area (Å²) in [6.07, 6.45) is 1.85. The van der Waals surface area contributed by atoms with Crippen molar-refractivity contribution in [3.05, 3.63) is 0 Å². The van der Waals surface area contributed by atoms with Gasteiger partial charge in [-0.3, -0.25) is 9.59 Å². The first-order chi connectivity index (χ1) is 8.12. The Labute approximate surface area is 120 Å². The van der Waals surface area contributed by atoms with E-state index in [-0.39, 0.29) is 11.9 Å². The largest absolute Gasteiger partial charge is 0.466 e. The number of hydrogen-bond donors (Lipinski definition) is 0. The lowest BCUT2D eigenvalue weighted by Gasteiger charge is -1.97. The molecule has 0 spiro atoms. The summed E-state index contributed by atoms with van der Waals surface area (Å²) < 4.78 is 9.30. The van der Waals surface area contributed by atoms with Gasteiger partial charge in [0.2, 0.25) is 0 Å². The van der Waals surface area contributed by atoms with E-state index >= 15 is 0 Å². The van der Waals surface area contributed by atoms with Crippen LogP contribution >= 0.6 is 31.9 Å². The molecule has 0 fully saturated rings. The number of rotatable bonds is 7. The number of hydrogen-bond acceptors (Lipinski definition) is 4. The van der Waals surface area contributed by atoms with Crippen molar-refractivity contribution < 1.29 is 19.1 Å². The number of esters is 2. The van der Waals surface area contributed by atoms with E-state index in [1.165, 1.54) is 0 Å². The molecule has 17 heavy (non-hydrogen) atoms. The second-order valence-corrected chi connectivity index (χ2v) is 4.43. The van der Waals surface area contributed by atoms with Crippen molar-refractivity contribution in [1.82, 2.24) is 0 Å². The molecule has 0 atom stereocenters. The molecule has 0 aromatic heterocycles. The van der Waals surface area contributed by atoms with Crippen molar-refractivity contribution >= 4 is 43.8 Å². The van der Waals surface area contributed by atoms with Crippen LogP contribution in [0.3, 0.4) is 0 Å². The minimum absolute atomic E-state index is 0.100. The van der Waals surface area contributed by atoms with Gasteiger partial charge in [0.15, 0.2) is 0 Å². The number of halogens is 2. The summed E-state index contributed by atoms with van der Waals surface area (Å²) in [7, 11) is 0. The van der Waals surface area contributed by atoms with Gasteiger partial charge in [-0.05, 0) is 20.3 Å². The maximum absolute atomic E-state index is 10.6. The third-order valence-corrected chi connectivity index (χ3v) is 2.38. The van der Waals surface area contributed by atoms with Crippen LogP contribution in [-0.2, 0) is 19.1 Å². The van der Waals surface area contributed by atoms with E-state index in [1.807, 2.05) is 6.92 Å². The van der Waals surface area contributed by atoms with Crippen LogP contribution in [0, 0.1) is 0 Å². The average Bonchev–Trinajstić information content (AvgIpc) is 2.28. The highest BCUT2D eigenvalue weighted by molar-refractivity contribution is 9.09. The van der Waals surface area contributed by atoms with Crippen molar-refractivity contribution in [1.29, 1.82) is 0 Å². The lowest BCUT2D eigenvalue weighted by Crippen LogP contribution is -2.03. The summed E-state index contributed by atoms with van der Waals surface area (Å²) in [4.78, 5) is 20.9. The van der Waals surface area contributed by atoms with Gasteiger partial charge in [0.05, 0.1) is 19.6 Å². The molecule has 0 saturated carbocycles. The molecule has 0 amide bonds. The van der Waals surface area contributed by atoms with Gasteiger partial charge in [-0.15, -0.1) is 0 Å². The van der Waals surface area contributed by atoms with E-state index in [9.17, 15) is 9.59 Å². The zero-order valence-electron chi connectivity index (χ0n) is 10.3. The third-order valence-electron chi connectivity index (χ3n) is 1.42. The quantitative estimate of drug-likeness (QED) is 0.506. The van der Waals surface area contributed by atoms with Gasteiger partial charge in [-0.2, -0.15) is 0 Å². The van der Waals surface area contributed by atoms with Gasteiger partial charge in [-0.25, -0.2) is 0 Å². The maximum atomic E-state index is 10.6. The van der Waals surface area contributed by atoms with Crippen molar-refractivity contribution in [2.75, 3.05) is 23.9 Å². The molecule has 0 aliphatic carbocycles. The standard InChI is InChI=1S/C6H11BrO2.C5H9BrO2/c1-2-9-6(8)4-3-5-7;1-2-8-5(7)3-4-6/h2-5H2,1H3;2-4H2,1H3. The van der Waals surface area contributed by atoms with Crippen molar-refractivity contribution in [2.24, 2.45) is 0 Å². The minimum atomic E-state index is -0.135. The predicted octanol–water partition coefficient (Wildman–Crippen LogP) is 3.06. The van der Waals surface area contributed by atoms with Crippen LogP contribution in [0.5, 0.6) is 0 Å². The Morgan fingerprint density at radius 3 is 1.71 bits per heavy atom. The van der Waals surface area contributed by atoms with Crippen LogP contribution in [0.2, 0.25) is 0 Å². The van der Waals surface area contributed by atoms with Crippen molar-refractivity contribution in [2.45, 2.75) is 33.1 Å². The summed E-state index contributed by atoms with van der Waals surface area (Å²) in [6.45, 7) is 4.57. The van der Waals surface area contributed by atoms with Gasteiger partial charge < -0.3 is 9.47 Å². The molecule has 0 aromatic carbocycles. The third kappa shape index (κ3) is 18.5. The lowest BCUT2D eigenvalue weighted by molar-refractivity contribution is -0.143. The molecule has 6 heteroatoms. The molecule has 0 aliphatic rings. The van der Waals surface area contributed by atoms with Gasteiger partial charge in [0.1, 0.15) is 0 Å². The minimum Gasteiger partial charge on any atom is -0.466 e. The molecule has 0 saturated heterocycles. The summed E-state index contributed by atoms with van der Waals surface area (Å²) in [5.41, 5.74) is 0. The molecular weight excluding hydrogens is 356 g/mol. The highest BCUT2D eigenvalue weighted by atomic mass is 79.9. The Morgan fingerprint density at radius 1 is 0.882 bits per heavy atom. The van der Waals surface area contributed by atoms with E-state index in [2.05, 4.69) is 41.3 Å². The molecule has 0 radical (unpaired) electrons. The Kier molecular flexibility index (Phi) is 18.0. The zero-order valence-corrected chi connectivity index (χ0v) is 13.5. The smallest absolute Gasteiger partial charge is 0.306 e. The highest BCUT2D eigenvalue weighted by Crippen LogP contribution is 1.95. The first kappa shape index (κ1) is 19.2. The zero-order chi connectivity index (χ0) is 13.5. The Hall–Kier alpha value is -0.100. The van der Waals surface area contributed by atoms with Gasteiger partial charge in [-0.1, -0.05) is 31.9 Å². The molecule has 0 bridgehead atoms. The Balaban J connectivity index is 0. The summed E-state index contributed by atoms with van der Waals surface area (Å²) in [5, 5.41) is 1.55. The van der Waals surface area contributed by atoms with E-state index in [4.69, 9.17) is 0 Å². The normalized spacial score (nSPS) is 8.94. The van der Waals surface area contributed by atoms with Crippen LogP contribution in [0.15, 0.2) is 0 Å². The van der Waals surface area contributed by atoms with Crippen LogP contribution in [-0.4, -0.2) is 35.8 Å². The van der Waals surface area contributed by atoms with Crippen LogP contribution in [0.1, 0.15) is 33.1 Å². The van der Waals surface area contributed by atoms with Crippen LogP contribution in [0.4, 0.5) is 0 Å². The maximum Gasteiger partial charge on any atom is 0.306 e. The van der Waals surface area contributed by atoms with Crippen molar-refractivity contribution in [3.8, 4) is 0 Å². The topological polar surface area (TPSA) is 52.6 Å². The van der Waals surface area contributed by atoms with Crippen LogP contribution < -0.4 is 0 Å². The molecule has 0 aliphatic heterocycles. The molecule has 102 valence electrons. The van der Waals surface area contributed by atoms with E-state index in [0.29, 0.717) is 31.4 Å². The molecular formula is C11H20Br2O4. The molecule has 0 unspecified atom stereocenters. The van der Waals surface area contributed by atoms with Gasteiger partial charge in [0, 0.05) is 17.1 Å². The summed E-state index contributed by atoms with van der Waals surface area (Å²) in [6, 6.07) is 0. The molecule has 4 nitrogen and oxygen atoms in total. The lowest BCUT2D eigenvalue weighted by atomic mass is 10.3. The summed E-state index contributed by atoms with van der Waals surface area (Å²) >= 11 is 6.34. The van der Waals surface area contributed by atoms with E-state index < -0.39 is 0 Å². The van der Waals surface area contributed by atoms with Gasteiger partial charge >= 0.3 is 11.9 Å². The van der Waals surface area contributed by atoms with Crippen molar-refractivity contribution in [3.63, 3.8) is 0 Å². The number of ether oxygens (including phenoxy) is 2. The predicted molar refractivity (Wildman–Crippen MR) is 74.7 cm³/mol. The fraction of sp³-hybridized carbons (Fsp3) is 0.818. The Bertz CT molecular complexity index is 190. The fourth-order valence-corrected chi connectivity index (χ4v) is 1.36. The molecule has 0 rings (SSSR count). The van der Waals surface area contributed by atoms with E-state index in [0.717, 1.165) is 11.8 Å². The first-order valence-electron chi connectivity index (χ1n) is 5.55. The fourth-order valence-electron chi connectivity index (χ4n) is 0.755. The molecule has 0 aromatic rings. The number of alkyl halides is 2.